The zero-order valence-corrected chi connectivity index (χ0v) is 9.95. The van der Waals surface area contributed by atoms with Gasteiger partial charge in [-0.1, -0.05) is 31.5 Å². The number of aliphatic hydroxyl groups excluding tert-OH is 1. The molecule has 2 nitrogen and oxygen atoms in total. The molecule has 0 bridgehead atoms. The van der Waals surface area contributed by atoms with E-state index in [1.165, 1.54) is 12.1 Å². The molecule has 5 heteroatoms. The molecule has 1 N–H and O–H groups in total. The van der Waals surface area contributed by atoms with Crippen molar-refractivity contribution in [1.82, 2.24) is 0 Å². The zero-order chi connectivity index (χ0) is 13.3. The van der Waals surface area contributed by atoms with E-state index < -0.39 is 12.5 Å². The average Bonchev–Trinajstić information content (AvgIpc) is 2.25. The normalized spacial score (nSPS) is 27.7. The minimum absolute atomic E-state index is 0.0167. The summed E-state index contributed by atoms with van der Waals surface area (Å²) in [6.07, 6.45) is -3.86. The highest BCUT2D eigenvalue weighted by atomic mass is 19.4. The highest BCUT2D eigenvalue weighted by Gasteiger charge is 2.42. The van der Waals surface area contributed by atoms with E-state index in [1.54, 1.807) is 12.1 Å². The van der Waals surface area contributed by atoms with Gasteiger partial charge in [0.2, 0.25) is 0 Å². The van der Waals surface area contributed by atoms with Gasteiger partial charge in [0.15, 0.2) is 0 Å². The quantitative estimate of drug-likeness (QED) is 0.901. The molecule has 1 fully saturated rings. The molecule has 3 unspecified atom stereocenters. The number of rotatable bonds is 3. The Morgan fingerprint density at radius 1 is 1.33 bits per heavy atom. The lowest BCUT2D eigenvalue weighted by molar-refractivity contribution is -0.275. The first-order chi connectivity index (χ1) is 8.42. The van der Waals surface area contributed by atoms with E-state index in [0.717, 1.165) is 6.42 Å². The fourth-order valence-electron chi connectivity index (χ4n) is 2.60. The predicted octanol–water partition coefficient (Wildman–Crippen LogP) is 3.46. The molecule has 1 aromatic rings. The SMILES string of the molecule is CCC1C(O)CC1c1ccccc1OC(F)(F)F. The van der Waals surface area contributed by atoms with Crippen LogP contribution in [-0.2, 0) is 0 Å². The highest BCUT2D eigenvalue weighted by Crippen LogP contribution is 2.47. The summed E-state index contributed by atoms with van der Waals surface area (Å²) in [6, 6.07) is 6.16. The Kier molecular flexibility index (Phi) is 3.52. The standard InChI is InChI=1S/C13H15F3O2/c1-2-8-10(7-11(8)17)9-5-3-4-6-12(9)18-13(14,15)16/h3-6,8,10-11,17H,2,7H2,1H3. The minimum atomic E-state index is -4.68. The van der Waals surface area contributed by atoms with Gasteiger partial charge in [0.05, 0.1) is 6.10 Å². The fourth-order valence-corrected chi connectivity index (χ4v) is 2.60. The molecule has 2 rings (SSSR count). The molecule has 0 saturated heterocycles. The second kappa shape index (κ2) is 4.80. The highest BCUT2D eigenvalue weighted by molar-refractivity contribution is 5.38. The van der Waals surface area contributed by atoms with Gasteiger partial charge in [-0.15, -0.1) is 13.2 Å². The second-order valence-corrected chi connectivity index (χ2v) is 4.57. The molecule has 0 heterocycles. The maximum atomic E-state index is 12.3. The van der Waals surface area contributed by atoms with Gasteiger partial charge in [-0.05, 0) is 29.9 Å². The molecule has 0 aliphatic heterocycles. The van der Waals surface area contributed by atoms with Gasteiger partial charge in [0.1, 0.15) is 5.75 Å². The Labute approximate surface area is 103 Å². The summed E-state index contributed by atoms with van der Waals surface area (Å²) in [5, 5.41) is 9.60. The largest absolute Gasteiger partial charge is 0.573 e. The van der Waals surface area contributed by atoms with Crippen molar-refractivity contribution in [3.8, 4) is 5.75 Å². The smallest absolute Gasteiger partial charge is 0.405 e. The molecule has 0 spiro atoms. The molecule has 3 atom stereocenters. The lowest BCUT2D eigenvalue weighted by Crippen LogP contribution is -2.39. The number of halogens is 3. The molecule has 1 aromatic carbocycles. The van der Waals surface area contributed by atoms with E-state index in [-0.39, 0.29) is 17.6 Å². The third-order valence-electron chi connectivity index (χ3n) is 3.52. The number of para-hydroxylation sites is 1. The lowest BCUT2D eigenvalue weighted by atomic mass is 9.66. The maximum absolute atomic E-state index is 12.3. The molecule has 18 heavy (non-hydrogen) atoms. The van der Waals surface area contributed by atoms with Crippen LogP contribution in [0.15, 0.2) is 24.3 Å². The zero-order valence-electron chi connectivity index (χ0n) is 9.95. The van der Waals surface area contributed by atoms with Crippen LogP contribution in [-0.4, -0.2) is 17.6 Å². The van der Waals surface area contributed by atoms with E-state index in [0.29, 0.717) is 12.0 Å². The van der Waals surface area contributed by atoms with Gasteiger partial charge in [0.25, 0.3) is 0 Å². The summed E-state index contributed by atoms with van der Waals surface area (Å²) in [5.74, 6) is -0.188. The lowest BCUT2D eigenvalue weighted by Gasteiger charge is -2.42. The topological polar surface area (TPSA) is 29.5 Å². The monoisotopic (exact) mass is 260 g/mol. The summed E-state index contributed by atoms with van der Waals surface area (Å²) in [5.41, 5.74) is 0.534. The Hall–Kier alpha value is -1.23. The Morgan fingerprint density at radius 2 is 2.00 bits per heavy atom. The van der Waals surface area contributed by atoms with Crippen molar-refractivity contribution in [2.75, 3.05) is 0 Å². The molecule has 100 valence electrons. The number of hydrogen-bond donors (Lipinski definition) is 1. The summed E-state index contributed by atoms with van der Waals surface area (Å²) in [6.45, 7) is 1.92. The van der Waals surface area contributed by atoms with E-state index in [2.05, 4.69) is 4.74 Å². The molecule has 0 amide bonds. The van der Waals surface area contributed by atoms with E-state index in [4.69, 9.17) is 0 Å². The molecule has 1 aliphatic rings. The summed E-state index contributed by atoms with van der Waals surface area (Å²) >= 11 is 0. The van der Waals surface area contributed by atoms with Crippen molar-refractivity contribution in [2.24, 2.45) is 5.92 Å². The fraction of sp³-hybridized carbons (Fsp3) is 0.538. The van der Waals surface area contributed by atoms with Crippen molar-refractivity contribution < 1.29 is 23.0 Å². The van der Waals surface area contributed by atoms with Crippen molar-refractivity contribution in [2.45, 2.75) is 38.1 Å². The minimum Gasteiger partial charge on any atom is -0.405 e. The average molecular weight is 260 g/mol. The molecule has 0 radical (unpaired) electrons. The molecular formula is C13H15F3O2. The molecule has 0 aromatic heterocycles. The van der Waals surface area contributed by atoms with E-state index in [9.17, 15) is 18.3 Å². The van der Waals surface area contributed by atoms with Gasteiger partial charge in [0, 0.05) is 0 Å². The third kappa shape index (κ3) is 2.61. The van der Waals surface area contributed by atoms with Crippen LogP contribution in [0.3, 0.4) is 0 Å². The Bertz CT molecular complexity index is 417. The van der Waals surface area contributed by atoms with Crippen LogP contribution in [0.25, 0.3) is 0 Å². The van der Waals surface area contributed by atoms with Crippen LogP contribution in [0.5, 0.6) is 5.75 Å². The van der Waals surface area contributed by atoms with Crippen molar-refractivity contribution in [3.05, 3.63) is 29.8 Å². The summed E-state index contributed by atoms with van der Waals surface area (Å²) < 4.78 is 40.9. The van der Waals surface area contributed by atoms with Crippen LogP contribution in [0.2, 0.25) is 0 Å². The predicted molar refractivity (Wildman–Crippen MR) is 60.3 cm³/mol. The van der Waals surface area contributed by atoms with Gasteiger partial charge in [-0.3, -0.25) is 0 Å². The number of alkyl halides is 3. The second-order valence-electron chi connectivity index (χ2n) is 4.57. The van der Waals surface area contributed by atoms with Crippen LogP contribution in [0, 0.1) is 5.92 Å². The first-order valence-corrected chi connectivity index (χ1v) is 5.95. The van der Waals surface area contributed by atoms with Gasteiger partial charge in [-0.25, -0.2) is 0 Å². The van der Waals surface area contributed by atoms with Gasteiger partial charge in [-0.2, -0.15) is 0 Å². The van der Waals surface area contributed by atoms with Crippen LogP contribution in [0.4, 0.5) is 13.2 Å². The van der Waals surface area contributed by atoms with E-state index >= 15 is 0 Å². The first-order valence-electron chi connectivity index (χ1n) is 5.95. The first kappa shape index (κ1) is 13.2. The van der Waals surface area contributed by atoms with E-state index in [1.807, 2.05) is 6.92 Å². The number of aliphatic hydroxyl groups is 1. The summed E-state index contributed by atoms with van der Waals surface area (Å²) in [7, 11) is 0. The molecule has 1 saturated carbocycles. The van der Waals surface area contributed by atoms with Crippen molar-refractivity contribution in [3.63, 3.8) is 0 Å². The van der Waals surface area contributed by atoms with Crippen LogP contribution < -0.4 is 4.74 Å². The van der Waals surface area contributed by atoms with Gasteiger partial charge < -0.3 is 9.84 Å². The number of benzene rings is 1. The third-order valence-corrected chi connectivity index (χ3v) is 3.52. The molecular weight excluding hydrogens is 245 g/mol. The Morgan fingerprint density at radius 3 is 2.56 bits per heavy atom. The Balaban J connectivity index is 2.23. The van der Waals surface area contributed by atoms with Crippen molar-refractivity contribution >= 4 is 0 Å². The van der Waals surface area contributed by atoms with Gasteiger partial charge >= 0.3 is 6.36 Å². The number of ether oxygens (including phenoxy) is 1. The van der Waals surface area contributed by atoms with Crippen molar-refractivity contribution in [1.29, 1.82) is 0 Å². The number of hydrogen-bond acceptors (Lipinski definition) is 2. The maximum Gasteiger partial charge on any atom is 0.573 e. The summed E-state index contributed by atoms with van der Waals surface area (Å²) in [4.78, 5) is 0. The van der Waals surface area contributed by atoms with Crippen LogP contribution in [0.1, 0.15) is 31.2 Å². The molecule has 1 aliphatic carbocycles. The van der Waals surface area contributed by atoms with Crippen LogP contribution >= 0.6 is 0 Å².